The fraction of sp³-hybridized carbons (Fsp3) is 0.571. The van der Waals surface area contributed by atoms with Crippen LogP contribution in [0.2, 0.25) is 0 Å². The van der Waals surface area contributed by atoms with Gasteiger partial charge in [0.15, 0.2) is 0 Å². The van der Waals surface area contributed by atoms with Crippen LogP contribution in [0, 0.1) is 5.92 Å². The number of carbonyl (C=O) groups is 2. The van der Waals surface area contributed by atoms with Crippen molar-refractivity contribution in [3.63, 3.8) is 0 Å². The number of likely N-dealkylation sites (N-methyl/N-ethyl adjacent to an activating group) is 1. The second-order valence-electron chi connectivity index (χ2n) is 5.59. The van der Waals surface area contributed by atoms with Crippen LogP contribution in [0.5, 0.6) is 0 Å². The number of rotatable bonds is 6. The minimum absolute atomic E-state index is 0.164. The van der Waals surface area contributed by atoms with Gasteiger partial charge in [-0.2, -0.15) is 4.31 Å². The van der Waals surface area contributed by atoms with E-state index in [1.165, 1.54) is 11.4 Å². The molecule has 2 rings (SSSR count). The number of sulfonamides is 1. The first-order valence-electron chi connectivity index (χ1n) is 7.58. The van der Waals surface area contributed by atoms with Crippen molar-refractivity contribution in [2.24, 2.45) is 5.92 Å². The molecule has 1 aliphatic rings. The maximum Gasteiger partial charge on any atom is 0.317 e. The lowest BCUT2D eigenvalue weighted by Crippen LogP contribution is -2.47. The predicted octanol–water partition coefficient (Wildman–Crippen LogP) is 0.875. The van der Waals surface area contributed by atoms with Gasteiger partial charge in [-0.1, -0.05) is 6.07 Å². The molecule has 1 aromatic rings. The molecule has 0 saturated carbocycles. The highest BCUT2D eigenvalue weighted by molar-refractivity contribution is 7.91. The van der Waals surface area contributed by atoms with Crippen LogP contribution in [0.1, 0.15) is 12.8 Å². The van der Waals surface area contributed by atoms with Crippen LogP contribution in [0.15, 0.2) is 21.7 Å². The first-order chi connectivity index (χ1) is 11.3. The van der Waals surface area contributed by atoms with Crippen molar-refractivity contribution in [2.75, 3.05) is 33.2 Å². The lowest BCUT2D eigenvalue weighted by molar-refractivity contribution is -0.143. The Morgan fingerprint density at radius 3 is 2.62 bits per heavy atom. The number of hydrogen-bond acceptors (Lipinski definition) is 5. The maximum atomic E-state index is 12.2. The van der Waals surface area contributed by atoms with Gasteiger partial charge in [0.25, 0.3) is 10.0 Å². The van der Waals surface area contributed by atoms with Gasteiger partial charge < -0.3 is 15.3 Å². The van der Waals surface area contributed by atoms with E-state index < -0.39 is 21.9 Å². The Balaban J connectivity index is 1.76. The van der Waals surface area contributed by atoms with E-state index >= 15 is 0 Å². The van der Waals surface area contributed by atoms with E-state index in [-0.39, 0.29) is 23.3 Å². The number of nitrogens with zero attached hydrogens (tertiary/aromatic N) is 2. The fourth-order valence-electron chi connectivity index (χ4n) is 2.45. The number of amides is 2. The highest BCUT2D eigenvalue weighted by Gasteiger charge is 2.27. The lowest BCUT2D eigenvalue weighted by Gasteiger charge is -2.30. The summed E-state index contributed by atoms with van der Waals surface area (Å²) in [5.41, 5.74) is 0. The molecular formula is C14H21N3O5S2. The molecule has 1 aromatic heterocycles. The van der Waals surface area contributed by atoms with Crippen molar-refractivity contribution in [3.8, 4) is 0 Å². The Kier molecular flexibility index (Phi) is 6.19. The van der Waals surface area contributed by atoms with Crippen molar-refractivity contribution < 1.29 is 23.1 Å². The summed E-state index contributed by atoms with van der Waals surface area (Å²) in [4.78, 5) is 24.5. The van der Waals surface area contributed by atoms with E-state index in [0.717, 1.165) is 11.3 Å². The molecular weight excluding hydrogens is 354 g/mol. The Bertz CT molecular complexity index is 667. The van der Waals surface area contributed by atoms with Crippen LogP contribution < -0.4 is 5.32 Å². The minimum Gasteiger partial charge on any atom is -0.481 e. The van der Waals surface area contributed by atoms with Gasteiger partial charge in [0, 0.05) is 33.2 Å². The number of thiophene rings is 1. The zero-order chi connectivity index (χ0) is 17.7. The third kappa shape index (κ3) is 4.46. The molecule has 10 heteroatoms. The Hall–Kier alpha value is -1.65. The van der Waals surface area contributed by atoms with Crippen LogP contribution in [0.3, 0.4) is 0 Å². The molecule has 1 aliphatic heterocycles. The first-order valence-corrected chi connectivity index (χ1v) is 9.89. The monoisotopic (exact) mass is 375 g/mol. The molecule has 2 N–H and O–H groups in total. The Labute approximate surface area is 145 Å². The van der Waals surface area contributed by atoms with E-state index in [4.69, 9.17) is 5.11 Å². The summed E-state index contributed by atoms with van der Waals surface area (Å²) in [5, 5.41) is 13.3. The van der Waals surface area contributed by atoms with E-state index in [1.807, 2.05) is 0 Å². The van der Waals surface area contributed by atoms with Crippen molar-refractivity contribution in [1.82, 2.24) is 14.5 Å². The Morgan fingerprint density at radius 1 is 1.42 bits per heavy atom. The SMILES string of the molecule is CN(CCNC(=O)N1CCC(C(=O)O)CC1)S(=O)(=O)c1cccs1. The molecule has 134 valence electrons. The third-order valence-corrected chi connectivity index (χ3v) is 7.22. The zero-order valence-corrected chi connectivity index (χ0v) is 15.0. The number of piperidine rings is 1. The average Bonchev–Trinajstić information content (AvgIpc) is 3.09. The topological polar surface area (TPSA) is 107 Å². The highest BCUT2D eigenvalue weighted by atomic mass is 32.2. The van der Waals surface area contributed by atoms with Crippen molar-refractivity contribution in [1.29, 1.82) is 0 Å². The molecule has 0 unspecified atom stereocenters. The highest BCUT2D eigenvalue weighted by Crippen LogP contribution is 2.19. The number of nitrogens with one attached hydrogen (secondary N) is 1. The largest absolute Gasteiger partial charge is 0.481 e. The van der Waals surface area contributed by atoms with Crippen LogP contribution in [-0.4, -0.2) is 68.0 Å². The minimum atomic E-state index is -3.51. The number of carboxylic acids is 1. The summed E-state index contributed by atoms with van der Waals surface area (Å²) >= 11 is 1.15. The van der Waals surface area contributed by atoms with Gasteiger partial charge in [0.1, 0.15) is 4.21 Å². The predicted molar refractivity (Wildman–Crippen MR) is 89.5 cm³/mol. The molecule has 0 spiro atoms. The molecule has 0 bridgehead atoms. The van der Waals surface area contributed by atoms with Crippen LogP contribution in [-0.2, 0) is 14.8 Å². The van der Waals surface area contributed by atoms with Gasteiger partial charge in [-0.3, -0.25) is 4.79 Å². The van der Waals surface area contributed by atoms with Gasteiger partial charge in [-0.05, 0) is 24.3 Å². The lowest BCUT2D eigenvalue weighted by atomic mass is 9.97. The maximum absolute atomic E-state index is 12.2. The summed E-state index contributed by atoms with van der Waals surface area (Å²) in [6.45, 7) is 1.15. The average molecular weight is 375 g/mol. The molecule has 2 heterocycles. The normalized spacial score (nSPS) is 16.3. The standard InChI is InChI=1S/C14H21N3O5S2/c1-16(24(21,22)12-3-2-10-23-12)9-6-15-14(20)17-7-4-11(5-8-17)13(18)19/h2-3,10-11H,4-9H2,1H3,(H,15,20)(H,18,19). The zero-order valence-electron chi connectivity index (χ0n) is 13.3. The fourth-order valence-corrected chi connectivity index (χ4v) is 4.82. The third-order valence-electron chi connectivity index (χ3n) is 3.99. The summed E-state index contributed by atoms with van der Waals surface area (Å²) < 4.78 is 25.9. The van der Waals surface area contributed by atoms with E-state index in [1.54, 1.807) is 22.4 Å². The molecule has 0 aromatic carbocycles. The molecule has 0 atom stereocenters. The number of likely N-dealkylation sites (tertiary alicyclic amines) is 1. The van der Waals surface area contributed by atoms with E-state index in [9.17, 15) is 18.0 Å². The molecule has 0 aliphatic carbocycles. The van der Waals surface area contributed by atoms with Gasteiger partial charge in [0.2, 0.25) is 0 Å². The van der Waals surface area contributed by atoms with Crippen LogP contribution >= 0.6 is 11.3 Å². The number of carboxylic acid groups (broad SMARTS) is 1. The molecule has 0 radical (unpaired) electrons. The number of hydrogen-bond donors (Lipinski definition) is 2. The van der Waals surface area contributed by atoms with Gasteiger partial charge in [0.05, 0.1) is 5.92 Å². The van der Waals surface area contributed by atoms with Gasteiger partial charge >= 0.3 is 12.0 Å². The second kappa shape index (κ2) is 7.95. The van der Waals surface area contributed by atoms with E-state index in [2.05, 4.69) is 5.32 Å². The summed E-state index contributed by atoms with van der Waals surface area (Å²) in [5.74, 6) is -1.22. The number of carbonyl (C=O) groups excluding carboxylic acids is 1. The second-order valence-corrected chi connectivity index (χ2v) is 8.81. The van der Waals surface area contributed by atoms with Crippen molar-refractivity contribution in [3.05, 3.63) is 17.5 Å². The molecule has 1 saturated heterocycles. The van der Waals surface area contributed by atoms with Gasteiger partial charge in [-0.25, -0.2) is 13.2 Å². The first kappa shape index (κ1) is 18.7. The van der Waals surface area contributed by atoms with Crippen LogP contribution in [0.25, 0.3) is 0 Å². The summed E-state index contributed by atoms with van der Waals surface area (Å²) in [7, 11) is -2.04. The smallest absolute Gasteiger partial charge is 0.317 e. The summed E-state index contributed by atoms with van der Waals surface area (Å²) in [6, 6.07) is 2.93. The molecule has 8 nitrogen and oxygen atoms in total. The van der Waals surface area contributed by atoms with Gasteiger partial charge in [-0.15, -0.1) is 11.3 Å². The quantitative estimate of drug-likeness (QED) is 0.767. The van der Waals surface area contributed by atoms with Crippen LogP contribution in [0.4, 0.5) is 4.79 Å². The van der Waals surface area contributed by atoms with E-state index in [0.29, 0.717) is 25.9 Å². The van der Waals surface area contributed by atoms with Crippen molar-refractivity contribution in [2.45, 2.75) is 17.1 Å². The molecule has 1 fully saturated rings. The molecule has 24 heavy (non-hydrogen) atoms. The summed E-state index contributed by atoms with van der Waals surface area (Å²) in [6.07, 6.45) is 0.880. The van der Waals surface area contributed by atoms with Crippen molar-refractivity contribution >= 4 is 33.4 Å². The Morgan fingerprint density at radius 2 is 2.08 bits per heavy atom. The molecule has 2 amide bonds. The number of aliphatic carboxylic acids is 1. The number of urea groups is 1.